The van der Waals surface area contributed by atoms with Crippen LogP contribution in [0.2, 0.25) is 0 Å². The minimum Gasteiger partial charge on any atom is -0.316 e. The van der Waals surface area contributed by atoms with Crippen LogP contribution >= 0.6 is 0 Å². The number of hydrogen-bond donors (Lipinski definition) is 1. The predicted molar refractivity (Wildman–Crippen MR) is 45.0 cm³/mol. The lowest BCUT2D eigenvalue weighted by molar-refractivity contribution is 0.375. The minimum atomic E-state index is 0.867. The van der Waals surface area contributed by atoms with E-state index in [9.17, 15) is 0 Å². The van der Waals surface area contributed by atoms with Crippen molar-refractivity contribution < 1.29 is 0 Å². The maximum atomic E-state index is 3.92. The summed E-state index contributed by atoms with van der Waals surface area (Å²) in [6, 6.07) is 0. The monoisotopic (exact) mass is 139 g/mol. The Bertz CT molecular complexity index is 112. The Morgan fingerprint density at radius 2 is 2.50 bits per heavy atom. The lowest BCUT2D eigenvalue weighted by Gasteiger charge is -2.22. The topological polar surface area (TPSA) is 12.0 Å². The first-order valence-corrected chi connectivity index (χ1v) is 4.14. The molecule has 1 heteroatoms. The van der Waals surface area contributed by atoms with Crippen molar-refractivity contribution in [3.8, 4) is 0 Å². The summed E-state index contributed by atoms with van der Waals surface area (Å²) < 4.78 is 0. The van der Waals surface area contributed by atoms with Crippen LogP contribution in [0, 0.1) is 5.92 Å². The molecule has 0 bridgehead atoms. The molecule has 1 saturated heterocycles. The van der Waals surface area contributed by atoms with Crippen LogP contribution in [0.15, 0.2) is 12.2 Å². The van der Waals surface area contributed by atoms with E-state index < -0.39 is 0 Å². The summed E-state index contributed by atoms with van der Waals surface area (Å²) in [5.41, 5.74) is 1.33. The van der Waals surface area contributed by atoms with Gasteiger partial charge in [-0.3, -0.25) is 0 Å². The average Bonchev–Trinajstić information content (AvgIpc) is 1.88. The Balaban J connectivity index is 2.19. The molecule has 1 rings (SSSR count). The van der Waals surface area contributed by atoms with Gasteiger partial charge in [0.25, 0.3) is 0 Å². The molecule has 1 heterocycles. The molecular formula is C9H17N. The smallest absolute Gasteiger partial charge is 0.00174 e. The fourth-order valence-corrected chi connectivity index (χ4v) is 1.59. The quantitative estimate of drug-likeness (QED) is 0.577. The molecule has 0 aromatic carbocycles. The average molecular weight is 139 g/mol. The van der Waals surface area contributed by atoms with E-state index >= 15 is 0 Å². The molecule has 1 aliphatic heterocycles. The zero-order valence-corrected chi connectivity index (χ0v) is 6.82. The number of allylic oxidation sites excluding steroid dienone is 1. The third-order valence-corrected chi connectivity index (χ3v) is 2.04. The van der Waals surface area contributed by atoms with E-state index in [0.717, 1.165) is 5.92 Å². The van der Waals surface area contributed by atoms with E-state index in [0.29, 0.717) is 0 Å². The van der Waals surface area contributed by atoms with Crippen LogP contribution in [-0.4, -0.2) is 13.1 Å². The van der Waals surface area contributed by atoms with Crippen molar-refractivity contribution in [2.75, 3.05) is 13.1 Å². The van der Waals surface area contributed by atoms with Crippen LogP contribution < -0.4 is 5.32 Å². The highest BCUT2D eigenvalue weighted by Gasteiger charge is 2.11. The highest BCUT2D eigenvalue weighted by atomic mass is 14.9. The number of hydrogen-bond acceptors (Lipinski definition) is 1. The van der Waals surface area contributed by atoms with Crippen molar-refractivity contribution >= 4 is 0 Å². The highest BCUT2D eigenvalue weighted by Crippen LogP contribution is 2.17. The van der Waals surface area contributed by atoms with Gasteiger partial charge in [0.05, 0.1) is 0 Å². The van der Waals surface area contributed by atoms with Crippen LogP contribution in [0.1, 0.15) is 26.2 Å². The molecule has 1 aliphatic rings. The van der Waals surface area contributed by atoms with Crippen molar-refractivity contribution in [3.63, 3.8) is 0 Å². The summed E-state index contributed by atoms with van der Waals surface area (Å²) in [7, 11) is 0. The van der Waals surface area contributed by atoms with Gasteiger partial charge >= 0.3 is 0 Å². The molecule has 0 spiro atoms. The number of nitrogens with one attached hydrogen (secondary N) is 1. The minimum absolute atomic E-state index is 0.867. The van der Waals surface area contributed by atoms with E-state index in [1.807, 2.05) is 0 Å². The summed E-state index contributed by atoms with van der Waals surface area (Å²) in [6.45, 7) is 8.46. The molecule has 0 aromatic rings. The van der Waals surface area contributed by atoms with E-state index in [4.69, 9.17) is 0 Å². The molecule has 1 unspecified atom stereocenters. The Labute approximate surface area is 63.5 Å². The number of piperidine rings is 1. The Morgan fingerprint density at radius 3 is 3.00 bits per heavy atom. The van der Waals surface area contributed by atoms with E-state index in [1.54, 1.807) is 0 Å². The summed E-state index contributed by atoms with van der Waals surface area (Å²) >= 11 is 0. The second-order valence-corrected chi connectivity index (χ2v) is 3.37. The summed E-state index contributed by atoms with van der Waals surface area (Å²) in [5, 5.41) is 3.40. The zero-order valence-electron chi connectivity index (χ0n) is 6.82. The first-order valence-electron chi connectivity index (χ1n) is 4.14. The summed E-state index contributed by atoms with van der Waals surface area (Å²) in [6.07, 6.45) is 3.95. The van der Waals surface area contributed by atoms with Crippen LogP contribution in [0.5, 0.6) is 0 Å². The van der Waals surface area contributed by atoms with E-state index in [2.05, 4.69) is 18.8 Å². The maximum Gasteiger partial charge on any atom is -0.00174 e. The van der Waals surface area contributed by atoms with Gasteiger partial charge in [0, 0.05) is 0 Å². The fourth-order valence-electron chi connectivity index (χ4n) is 1.59. The third kappa shape index (κ3) is 2.53. The van der Waals surface area contributed by atoms with Crippen molar-refractivity contribution in [2.24, 2.45) is 5.92 Å². The van der Waals surface area contributed by atoms with Gasteiger partial charge in [0.15, 0.2) is 0 Å². The van der Waals surface area contributed by atoms with Gasteiger partial charge in [-0.05, 0) is 45.2 Å². The molecule has 1 N–H and O–H groups in total. The predicted octanol–water partition coefficient (Wildman–Crippen LogP) is 1.95. The van der Waals surface area contributed by atoms with Gasteiger partial charge in [-0.25, -0.2) is 0 Å². The Kier molecular flexibility index (Phi) is 2.94. The fraction of sp³-hybridized carbons (Fsp3) is 0.778. The Hall–Kier alpha value is -0.300. The first-order chi connectivity index (χ1) is 4.79. The molecule has 1 fully saturated rings. The summed E-state index contributed by atoms with van der Waals surface area (Å²) in [4.78, 5) is 0. The third-order valence-electron chi connectivity index (χ3n) is 2.04. The molecule has 1 atom stereocenters. The van der Waals surface area contributed by atoms with Crippen LogP contribution in [0.4, 0.5) is 0 Å². The van der Waals surface area contributed by atoms with Crippen molar-refractivity contribution in [1.29, 1.82) is 0 Å². The summed E-state index contributed by atoms with van der Waals surface area (Å²) in [5.74, 6) is 0.867. The Morgan fingerprint density at radius 1 is 1.70 bits per heavy atom. The van der Waals surface area contributed by atoms with Gasteiger partial charge in [-0.15, -0.1) is 6.58 Å². The van der Waals surface area contributed by atoms with Gasteiger partial charge in [-0.2, -0.15) is 0 Å². The second-order valence-electron chi connectivity index (χ2n) is 3.37. The zero-order chi connectivity index (χ0) is 7.40. The van der Waals surface area contributed by atoms with E-state index in [-0.39, 0.29) is 0 Å². The second kappa shape index (κ2) is 3.77. The standard InChI is InChI=1S/C9H17N/c1-8(2)6-9-4-3-5-10-7-9/h9-10H,1,3-7H2,2H3. The molecular weight excluding hydrogens is 122 g/mol. The van der Waals surface area contributed by atoms with Crippen LogP contribution in [0.3, 0.4) is 0 Å². The van der Waals surface area contributed by atoms with Crippen LogP contribution in [-0.2, 0) is 0 Å². The molecule has 0 aromatic heterocycles. The molecule has 0 amide bonds. The molecule has 58 valence electrons. The lowest BCUT2D eigenvalue weighted by Crippen LogP contribution is -2.29. The van der Waals surface area contributed by atoms with Gasteiger partial charge in [0.1, 0.15) is 0 Å². The van der Waals surface area contributed by atoms with Crippen molar-refractivity contribution in [1.82, 2.24) is 5.32 Å². The van der Waals surface area contributed by atoms with E-state index in [1.165, 1.54) is 37.9 Å². The SMILES string of the molecule is C=C(C)CC1CCCNC1. The van der Waals surface area contributed by atoms with Crippen LogP contribution in [0.25, 0.3) is 0 Å². The lowest BCUT2D eigenvalue weighted by atomic mass is 9.93. The maximum absolute atomic E-state index is 3.92. The molecule has 0 radical (unpaired) electrons. The normalized spacial score (nSPS) is 26.3. The van der Waals surface area contributed by atoms with Crippen molar-refractivity contribution in [3.05, 3.63) is 12.2 Å². The highest BCUT2D eigenvalue weighted by molar-refractivity contribution is 4.91. The van der Waals surface area contributed by atoms with Gasteiger partial charge < -0.3 is 5.32 Å². The molecule has 10 heavy (non-hydrogen) atoms. The molecule has 0 aliphatic carbocycles. The largest absolute Gasteiger partial charge is 0.316 e. The molecule has 1 nitrogen and oxygen atoms in total. The first kappa shape index (κ1) is 7.80. The number of rotatable bonds is 2. The molecule has 0 saturated carbocycles. The van der Waals surface area contributed by atoms with Gasteiger partial charge in [-0.1, -0.05) is 5.57 Å². The van der Waals surface area contributed by atoms with Gasteiger partial charge in [0.2, 0.25) is 0 Å². The van der Waals surface area contributed by atoms with Crippen molar-refractivity contribution in [2.45, 2.75) is 26.2 Å².